The van der Waals surface area contributed by atoms with E-state index in [2.05, 4.69) is 15.5 Å². The van der Waals surface area contributed by atoms with Gasteiger partial charge in [-0.2, -0.15) is 21.6 Å². The van der Waals surface area contributed by atoms with E-state index in [0.717, 1.165) is 7.11 Å². The number of alkyl halides is 3. The second-order valence-corrected chi connectivity index (χ2v) is 8.53. The molecule has 1 rings (SSSR count). The predicted octanol–water partition coefficient (Wildman–Crippen LogP) is 2.50. The van der Waals surface area contributed by atoms with Crippen molar-refractivity contribution in [2.24, 2.45) is 5.92 Å². The molecular formula is C16H23F3O7S. The molecule has 0 radical (unpaired) electrons. The van der Waals surface area contributed by atoms with Crippen LogP contribution in [-0.4, -0.2) is 51.1 Å². The van der Waals surface area contributed by atoms with Crippen molar-refractivity contribution in [2.45, 2.75) is 57.4 Å². The topological polar surface area (TPSA) is 96.0 Å². The summed E-state index contributed by atoms with van der Waals surface area (Å²) >= 11 is 0. The molecule has 1 fully saturated rings. The predicted molar refractivity (Wildman–Crippen MR) is 88.0 cm³/mol. The molecule has 1 aliphatic rings. The van der Waals surface area contributed by atoms with Crippen molar-refractivity contribution >= 4 is 22.1 Å². The molecule has 0 saturated heterocycles. The Hall–Kier alpha value is -1.62. The van der Waals surface area contributed by atoms with Gasteiger partial charge in [0.15, 0.2) is 0 Å². The van der Waals surface area contributed by atoms with Crippen LogP contribution in [0.5, 0.6) is 0 Å². The molecular weight excluding hydrogens is 393 g/mol. The first-order valence-corrected chi connectivity index (χ1v) is 9.71. The maximum atomic E-state index is 13.0. The molecule has 1 aliphatic carbocycles. The molecule has 0 aromatic rings. The van der Waals surface area contributed by atoms with Crippen LogP contribution in [0.2, 0.25) is 0 Å². The summed E-state index contributed by atoms with van der Waals surface area (Å²) in [5, 5.41) is 0. The highest BCUT2D eigenvalue weighted by Crippen LogP contribution is 2.36. The third kappa shape index (κ3) is 7.13. The minimum atomic E-state index is -5.05. The van der Waals surface area contributed by atoms with Crippen LogP contribution < -0.4 is 0 Å². The molecule has 0 N–H and O–H groups in total. The monoisotopic (exact) mass is 416 g/mol. The van der Waals surface area contributed by atoms with Crippen LogP contribution in [0.4, 0.5) is 13.2 Å². The van der Waals surface area contributed by atoms with Gasteiger partial charge in [-0.3, -0.25) is 8.98 Å². The number of carbonyl (C=O) groups excluding carboxylic acids is 2. The number of ether oxygens (including phenoxy) is 2. The number of hydrogen-bond donors (Lipinski definition) is 0. The summed E-state index contributed by atoms with van der Waals surface area (Å²) in [7, 11) is -3.76. The molecule has 1 unspecified atom stereocenters. The Bertz CT molecular complexity index is 677. The van der Waals surface area contributed by atoms with E-state index in [0.29, 0.717) is 0 Å². The smallest absolute Gasteiger partial charge is 0.426 e. The van der Waals surface area contributed by atoms with Crippen LogP contribution in [0, 0.1) is 5.92 Å². The van der Waals surface area contributed by atoms with E-state index in [4.69, 9.17) is 4.74 Å². The normalized spacial score (nSPS) is 24.7. The molecule has 0 amide bonds. The molecule has 0 aliphatic heterocycles. The molecule has 0 spiro atoms. The van der Waals surface area contributed by atoms with E-state index in [1.807, 2.05) is 0 Å². The number of esters is 2. The summed E-state index contributed by atoms with van der Waals surface area (Å²) in [6, 6.07) is 0. The summed E-state index contributed by atoms with van der Waals surface area (Å²) in [5.74, 6) is -4.09. The lowest BCUT2D eigenvalue weighted by molar-refractivity contribution is -0.218. The minimum absolute atomic E-state index is 0.139. The first-order valence-electron chi connectivity index (χ1n) is 8.13. The number of rotatable bonds is 7. The minimum Gasteiger partial charge on any atom is -0.456 e. The Morgan fingerprint density at radius 3 is 2.19 bits per heavy atom. The fourth-order valence-corrected chi connectivity index (χ4v) is 3.33. The Labute approximate surface area is 156 Å². The highest BCUT2D eigenvalue weighted by atomic mass is 32.2. The first-order chi connectivity index (χ1) is 12.2. The highest BCUT2D eigenvalue weighted by molar-refractivity contribution is 7.86. The average molecular weight is 416 g/mol. The number of carbonyl (C=O) groups is 2. The van der Waals surface area contributed by atoms with Crippen LogP contribution in [0.1, 0.15) is 39.5 Å². The largest absolute Gasteiger partial charge is 0.456 e. The Morgan fingerprint density at radius 2 is 1.78 bits per heavy atom. The van der Waals surface area contributed by atoms with E-state index >= 15 is 0 Å². The second kappa shape index (κ2) is 8.59. The van der Waals surface area contributed by atoms with Crippen molar-refractivity contribution in [2.75, 3.05) is 12.9 Å². The highest BCUT2D eigenvalue weighted by Gasteiger charge is 2.47. The fraction of sp³-hybridized carbons (Fsp3) is 0.750. The summed E-state index contributed by atoms with van der Waals surface area (Å²) in [4.78, 5) is 23.7. The van der Waals surface area contributed by atoms with Gasteiger partial charge in [0.05, 0.1) is 13.0 Å². The van der Waals surface area contributed by atoms with Gasteiger partial charge in [-0.1, -0.05) is 6.58 Å². The van der Waals surface area contributed by atoms with Crippen molar-refractivity contribution in [3.63, 3.8) is 0 Å². The maximum Gasteiger partial charge on any atom is 0.426 e. The van der Waals surface area contributed by atoms with Crippen LogP contribution in [0.25, 0.3) is 0 Å². The molecule has 1 atom stereocenters. The molecule has 156 valence electrons. The van der Waals surface area contributed by atoms with Crippen molar-refractivity contribution in [3.05, 3.63) is 12.2 Å². The van der Waals surface area contributed by atoms with Crippen molar-refractivity contribution < 1.29 is 44.8 Å². The van der Waals surface area contributed by atoms with Gasteiger partial charge in [-0.05, 0) is 39.5 Å². The Balaban J connectivity index is 2.72. The van der Waals surface area contributed by atoms with Gasteiger partial charge < -0.3 is 9.47 Å². The quantitative estimate of drug-likeness (QED) is 0.357. The fourth-order valence-electron chi connectivity index (χ4n) is 2.56. The zero-order valence-electron chi connectivity index (χ0n) is 15.3. The lowest BCUT2D eigenvalue weighted by atomic mass is 9.79. The van der Waals surface area contributed by atoms with E-state index < -0.39 is 51.6 Å². The average Bonchev–Trinajstić information content (AvgIpc) is 2.53. The molecule has 0 aromatic carbocycles. The second-order valence-electron chi connectivity index (χ2n) is 6.75. The Morgan fingerprint density at radius 1 is 1.26 bits per heavy atom. The van der Waals surface area contributed by atoms with Crippen molar-refractivity contribution in [1.82, 2.24) is 0 Å². The third-order valence-corrected chi connectivity index (χ3v) is 5.52. The number of halogens is 3. The van der Waals surface area contributed by atoms with E-state index in [-0.39, 0.29) is 31.3 Å². The van der Waals surface area contributed by atoms with E-state index in [9.17, 15) is 31.2 Å². The molecule has 0 heterocycles. The van der Waals surface area contributed by atoms with Crippen LogP contribution in [0.15, 0.2) is 12.2 Å². The summed E-state index contributed by atoms with van der Waals surface area (Å²) < 4.78 is 75.3. The van der Waals surface area contributed by atoms with Gasteiger partial charge in [-0.25, -0.2) is 4.79 Å². The summed E-state index contributed by atoms with van der Waals surface area (Å²) in [6.07, 6.45) is -7.09. The van der Waals surface area contributed by atoms with E-state index in [1.165, 1.54) is 6.92 Å². The van der Waals surface area contributed by atoms with Crippen LogP contribution in [-0.2, 0) is 33.4 Å². The van der Waals surface area contributed by atoms with Crippen LogP contribution >= 0.6 is 0 Å². The molecule has 0 aromatic heterocycles. The lowest BCUT2D eigenvalue weighted by Crippen LogP contribution is -2.43. The van der Waals surface area contributed by atoms with Gasteiger partial charge in [0.1, 0.15) is 11.4 Å². The Kier molecular flexibility index (Phi) is 7.45. The SMILES string of the molecule is C=C(C)C(=O)OC1(C)CCC(C(=O)OC(CS(=O)(=O)OC)C(F)(F)F)CC1. The summed E-state index contributed by atoms with van der Waals surface area (Å²) in [6.45, 7) is 6.62. The van der Waals surface area contributed by atoms with E-state index in [1.54, 1.807) is 6.92 Å². The maximum absolute atomic E-state index is 13.0. The van der Waals surface area contributed by atoms with Crippen LogP contribution in [0.3, 0.4) is 0 Å². The molecule has 27 heavy (non-hydrogen) atoms. The lowest BCUT2D eigenvalue weighted by Gasteiger charge is -2.36. The molecule has 11 heteroatoms. The van der Waals surface area contributed by atoms with Crippen molar-refractivity contribution in [3.8, 4) is 0 Å². The standard InChI is InChI=1S/C16H23F3O7S/c1-10(2)13(20)26-15(3)7-5-11(6-8-15)14(21)25-12(16(17,18)19)9-27(22,23)24-4/h11-12H,1,5-9H2,2-4H3. The first kappa shape index (κ1) is 23.4. The van der Waals surface area contributed by atoms with Gasteiger partial charge in [0.25, 0.3) is 10.1 Å². The third-order valence-electron chi connectivity index (χ3n) is 4.30. The van der Waals surface area contributed by atoms with Gasteiger partial charge in [0.2, 0.25) is 6.10 Å². The zero-order chi connectivity index (χ0) is 21.0. The molecule has 0 bridgehead atoms. The zero-order valence-corrected chi connectivity index (χ0v) is 16.1. The summed E-state index contributed by atoms with van der Waals surface area (Å²) in [5.41, 5.74) is -0.638. The molecule has 1 saturated carbocycles. The van der Waals surface area contributed by atoms with Gasteiger partial charge in [0, 0.05) is 5.57 Å². The molecule has 7 nitrogen and oxygen atoms in total. The number of hydrogen-bond acceptors (Lipinski definition) is 7. The van der Waals surface area contributed by atoms with Crippen molar-refractivity contribution in [1.29, 1.82) is 0 Å². The van der Waals surface area contributed by atoms with Gasteiger partial charge >= 0.3 is 18.1 Å². The van der Waals surface area contributed by atoms with Gasteiger partial charge in [-0.15, -0.1) is 0 Å².